The van der Waals surface area contributed by atoms with Gasteiger partial charge in [-0.15, -0.1) is 0 Å². The summed E-state index contributed by atoms with van der Waals surface area (Å²) >= 11 is 0. The number of benzene rings is 1. The summed E-state index contributed by atoms with van der Waals surface area (Å²) in [6.45, 7) is 5.98. The Balaban J connectivity index is 1.97. The molecule has 6 nitrogen and oxygen atoms in total. The minimum atomic E-state index is -2.59. The van der Waals surface area contributed by atoms with E-state index < -0.39 is 24.4 Å². The third-order valence-corrected chi connectivity index (χ3v) is 5.53. The smallest absolute Gasteiger partial charge is 0.341 e. The van der Waals surface area contributed by atoms with Crippen molar-refractivity contribution < 1.29 is 23.4 Å². The first-order valence-corrected chi connectivity index (χ1v) is 9.61. The first-order valence-electron chi connectivity index (χ1n) is 9.61. The number of nitrogens with zero attached hydrogens (tertiary/aromatic N) is 2. The number of carboxylic acid groups (broad SMARTS) is 1. The van der Waals surface area contributed by atoms with Gasteiger partial charge in [0.15, 0.2) is 5.43 Å². The van der Waals surface area contributed by atoms with Crippen LogP contribution in [0.1, 0.15) is 37.2 Å². The van der Waals surface area contributed by atoms with Crippen molar-refractivity contribution in [2.45, 2.75) is 39.8 Å². The molecule has 1 aliphatic rings. The normalized spacial score (nSPS) is 15.9. The molecule has 0 aliphatic carbocycles. The van der Waals surface area contributed by atoms with E-state index in [4.69, 9.17) is 4.74 Å². The van der Waals surface area contributed by atoms with Gasteiger partial charge in [0.05, 0.1) is 22.9 Å². The van der Waals surface area contributed by atoms with Gasteiger partial charge in [0.2, 0.25) is 0 Å². The SMILES string of the molecule is CC(C)(C)C1Cn2c(cc3c(OCC(F)F)cccc32)-c2cc(=O)c(C(=O)O)cn21. The van der Waals surface area contributed by atoms with Crippen molar-refractivity contribution in [3.63, 3.8) is 0 Å². The molecular weight excluding hydrogens is 394 g/mol. The fourth-order valence-electron chi connectivity index (χ4n) is 4.07. The number of halogens is 2. The van der Waals surface area contributed by atoms with Gasteiger partial charge < -0.3 is 19.0 Å². The number of ether oxygens (including phenoxy) is 1. The minimum absolute atomic E-state index is 0.125. The molecule has 158 valence electrons. The van der Waals surface area contributed by atoms with Crippen LogP contribution in [0.2, 0.25) is 0 Å². The van der Waals surface area contributed by atoms with E-state index in [1.54, 1.807) is 18.2 Å². The fourth-order valence-corrected chi connectivity index (χ4v) is 4.07. The van der Waals surface area contributed by atoms with Gasteiger partial charge in [-0.05, 0) is 23.6 Å². The molecule has 1 unspecified atom stereocenters. The number of carbonyl (C=O) groups is 1. The van der Waals surface area contributed by atoms with Crippen LogP contribution in [0.15, 0.2) is 41.3 Å². The van der Waals surface area contributed by atoms with Crippen molar-refractivity contribution >= 4 is 16.9 Å². The molecule has 0 saturated carbocycles. The van der Waals surface area contributed by atoms with Crippen molar-refractivity contribution in [3.8, 4) is 17.1 Å². The van der Waals surface area contributed by atoms with E-state index in [1.807, 2.05) is 36.0 Å². The van der Waals surface area contributed by atoms with Crippen molar-refractivity contribution in [2.75, 3.05) is 6.61 Å². The second kappa shape index (κ2) is 6.97. The van der Waals surface area contributed by atoms with Gasteiger partial charge >= 0.3 is 5.97 Å². The van der Waals surface area contributed by atoms with Crippen LogP contribution < -0.4 is 10.2 Å². The number of rotatable bonds is 4. The minimum Gasteiger partial charge on any atom is -0.487 e. The number of fused-ring (bicyclic) bond motifs is 5. The topological polar surface area (TPSA) is 73.5 Å². The Bertz CT molecular complexity index is 1200. The lowest BCUT2D eigenvalue weighted by atomic mass is 9.85. The van der Waals surface area contributed by atoms with Crippen LogP contribution in [0.25, 0.3) is 22.3 Å². The van der Waals surface area contributed by atoms with Gasteiger partial charge in [0, 0.05) is 24.2 Å². The van der Waals surface area contributed by atoms with E-state index in [0.29, 0.717) is 29.1 Å². The average molecular weight is 416 g/mol. The standard InChI is InChI=1S/C22H22F2N2O4/c1-22(2,3)19-10-25-14-5-4-6-18(30-11-20(23)24)12(14)7-15(25)16-8-17(27)13(21(28)29)9-26(16)19/h4-9,19-20H,10-11H2,1-3H3,(H,28,29). The number of aromatic nitrogens is 2. The van der Waals surface area contributed by atoms with Crippen molar-refractivity contribution in [1.29, 1.82) is 0 Å². The summed E-state index contributed by atoms with van der Waals surface area (Å²) in [7, 11) is 0. The number of hydrogen-bond acceptors (Lipinski definition) is 3. The van der Waals surface area contributed by atoms with Crippen LogP contribution in [-0.2, 0) is 6.54 Å². The van der Waals surface area contributed by atoms with Crippen LogP contribution in [0, 0.1) is 5.41 Å². The summed E-state index contributed by atoms with van der Waals surface area (Å²) in [4.78, 5) is 24.0. The zero-order valence-electron chi connectivity index (χ0n) is 16.9. The Morgan fingerprint density at radius 3 is 2.63 bits per heavy atom. The molecule has 0 spiro atoms. The van der Waals surface area contributed by atoms with Crippen molar-refractivity contribution in [3.05, 3.63) is 52.3 Å². The van der Waals surface area contributed by atoms with Crippen LogP contribution in [0.5, 0.6) is 5.75 Å². The predicted octanol–water partition coefficient (Wildman–Crippen LogP) is 4.41. The van der Waals surface area contributed by atoms with Gasteiger partial charge in [0.1, 0.15) is 17.9 Å². The molecule has 3 heterocycles. The molecule has 0 fully saturated rings. The molecule has 0 saturated heterocycles. The Morgan fingerprint density at radius 1 is 1.27 bits per heavy atom. The van der Waals surface area contributed by atoms with Gasteiger partial charge in [-0.25, -0.2) is 13.6 Å². The van der Waals surface area contributed by atoms with Crippen molar-refractivity contribution in [2.24, 2.45) is 5.41 Å². The van der Waals surface area contributed by atoms with Gasteiger partial charge in [-0.1, -0.05) is 26.8 Å². The van der Waals surface area contributed by atoms with Gasteiger partial charge in [-0.3, -0.25) is 4.79 Å². The van der Waals surface area contributed by atoms with E-state index in [-0.39, 0.29) is 17.0 Å². The van der Waals surface area contributed by atoms with Gasteiger partial charge in [-0.2, -0.15) is 0 Å². The molecule has 0 bridgehead atoms. The second-order valence-electron chi connectivity index (χ2n) is 8.56. The number of aromatic carboxylic acids is 1. The Kier molecular flexibility index (Phi) is 4.67. The lowest BCUT2D eigenvalue weighted by Crippen LogP contribution is -2.35. The average Bonchev–Trinajstić information content (AvgIpc) is 3.03. The largest absolute Gasteiger partial charge is 0.487 e. The first-order chi connectivity index (χ1) is 14.1. The Morgan fingerprint density at radius 2 is 2.00 bits per heavy atom. The highest BCUT2D eigenvalue weighted by atomic mass is 19.3. The molecule has 2 aromatic heterocycles. The number of pyridine rings is 1. The highest BCUT2D eigenvalue weighted by molar-refractivity contribution is 5.92. The van der Waals surface area contributed by atoms with Crippen LogP contribution >= 0.6 is 0 Å². The monoisotopic (exact) mass is 416 g/mol. The Labute approximate surface area is 171 Å². The molecule has 0 radical (unpaired) electrons. The highest BCUT2D eigenvalue weighted by Gasteiger charge is 2.34. The summed E-state index contributed by atoms with van der Waals surface area (Å²) in [5.74, 6) is -0.921. The molecule has 8 heteroatoms. The molecule has 1 aromatic carbocycles. The third kappa shape index (κ3) is 3.26. The van der Waals surface area contributed by atoms with E-state index in [9.17, 15) is 23.5 Å². The Hall–Kier alpha value is -3.16. The van der Waals surface area contributed by atoms with E-state index in [1.165, 1.54) is 12.3 Å². The zero-order chi connectivity index (χ0) is 21.8. The zero-order valence-corrected chi connectivity index (χ0v) is 16.9. The van der Waals surface area contributed by atoms with Crippen LogP contribution in [0.3, 0.4) is 0 Å². The molecule has 4 rings (SSSR count). The molecule has 3 aromatic rings. The summed E-state index contributed by atoms with van der Waals surface area (Å²) in [6, 6.07) is 8.29. The molecule has 1 aliphatic heterocycles. The number of hydrogen-bond donors (Lipinski definition) is 1. The number of carboxylic acids is 1. The summed E-state index contributed by atoms with van der Waals surface area (Å²) in [5.41, 5.74) is 1.03. The summed E-state index contributed by atoms with van der Waals surface area (Å²) in [6.07, 6.45) is -1.18. The second-order valence-corrected chi connectivity index (χ2v) is 8.56. The van der Waals surface area contributed by atoms with Crippen LogP contribution in [0.4, 0.5) is 8.78 Å². The van der Waals surface area contributed by atoms with E-state index >= 15 is 0 Å². The van der Waals surface area contributed by atoms with E-state index in [0.717, 1.165) is 5.52 Å². The molecule has 1 N–H and O–H groups in total. The van der Waals surface area contributed by atoms with E-state index in [2.05, 4.69) is 0 Å². The quantitative estimate of drug-likeness (QED) is 0.684. The maximum absolute atomic E-state index is 12.7. The summed E-state index contributed by atoms with van der Waals surface area (Å²) < 4.78 is 34.5. The first kappa shape index (κ1) is 20.1. The fraction of sp³-hybridized carbons (Fsp3) is 0.364. The summed E-state index contributed by atoms with van der Waals surface area (Å²) in [5, 5.41) is 10.1. The maximum atomic E-state index is 12.7. The molecule has 1 atom stereocenters. The van der Waals surface area contributed by atoms with Gasteiger partial charge in [0.25, 0.3) is 6.43 Å². The maximum Gasteiger partial charge on any atom is 0.341 e. The van der Waals surface area contributed by atoms with Crippen molar-refractivity contribution in [1.82, 2.24) is 9.13 Å². The molecule has 0 amide bonds. The lowest BCUT2D eigenvalue weighted by Gasteiger charge is -2.39. The molecular formula is C22H22F2N2O4. The third-order valence-electron chi connectivity index (χ3n) is 5.53. The van der Waals surface area contributed by atoms with Crippen LogP contribution in [-0.4, -0.2) is 33.2 Å². The highest BCUT2D eigenvalue weighted by Crippen LogP contribution is 2.43. The predicted molar refractivity (Wildman–Crippen MR) is 109 cm³/mol. The molecule has 30 heavy (non-hydrogen) atoms. The lowest BCUT2D eigenvalue weighted by molar-refractivity contribution is 0.0693. The number of alkyl halides is 2.